The number of ether oxygens (including phenoxy) is 1. The lowest BCUT2D eigenvalue weighted by Gasteiger charge is -2.04. The summed E-state index contributed by atoms with van der Waals surface area (Å²) in [5.41, 5.74) is 0.848. The number of hydrogen-bond acceptors (Lipinski definition) is 2. The van der Waals surface area contributed by atoms with Crippen molar-refractivity contribution in [1.82, 2.24) is 0 Å². The molecule has 0 aromatic heterocycles. The highest BCUT2D eigenvalue weighted by Gasteiger charge is 2.16. The molecule has 0 radical (unpaired) electrons. The molecule has 1 aliphatic heterocycles. The van der Waals surface area contributed by atoms with Gasteiger partial charge in [0.2, 0.25) is 5.78 Å². The lowest BCUT2D eigenvalue weighted by molar-refractivity contribution is -0.117. The highest BCUT2D eigenvalue weighted by atomic mass is 35.5. The maximum Gasteiger partial charge on any atom is 0.201 e. The van der Waals surface area contributed by atoms with Gasteiger partial charge in [-0.05, 0) is 17.7 Å². The lowest BCUT2D eigenvalue weighted by atomic mass is 10.1. The summed E-state index contributed by atoms with van der Waals surface area (Å²) < 4.78 is 5.20. The number of benzene rings is 1. The molecule has 0 unspecified atom stereocenters. The number of ketones is 1. The number of carbonyl (C=O) groups is 1. The fourth-order valence-electron chi connectivity index (χ4n) is 1.51. The number of carbonyl (C=O) groups excluding carboxylic acids is 1. The average molecular weight is 223 g/mol. The SMILES string of the molecule is O=C(Cc1ccccc1Cl)C1=CCCO1. The summed E-state index contributed by atoms with van der Waals surface area (Å²) in [4.78, 5) is 11.7. The molecule has 1 aromatic carbocycles. The minimum Gasteiger partial charge on any atom is -0.490 e. The summed E-state index contributed by atoms with van der Waals surface area (Å²) in [5, 5.41) is 0.629. The Hall–Kier alpha value is -1.28. The van der Waals surface area contributed by atoms with Crippen molar-refractivity contribution in [3.8, 4) is 0 Å². The Morgan fingerprint density at radius 3 is 2.87 bits per heavy atom. The summed E-state index contributed by atoms with van der Waals surface area (Å²) in [6, 6.07) is 7.36. The Bertz CT molecular complexity index is 410. The Morgan fingerprint density at radius 1 is 1.40 bits per heavy atom. The lowest BCUT2D eigenvalue weighted by Crippen LogP contribution is -2.07. The van der Waals surface area contributed by atoms with Crippen LogP contribution in [0.2, 0.25) is 5.02 Å². The second kappa shape index (κ2) is 4.49. The van der Waals surface area contributed by atoms with E-state index in [-0.39, 0.29) is 5.78 Å². The first-order chi connectivity index (χ1) is 7.27. The highest BCUT2D eigenvalue weighted by Crippen LogP contribution is 2.18. The van der Waals surface area contributed by atoms with E-state index in [1.54, 1.807) is 6.07 Å². The van der Waals surface area contributed by atoms with Gasteiger partial charge in [0.25, 0.3) is 0 Å². The van der Waals surface area contributed by atoms with E-state index < -0.39 is 0 Å². The topological polar surface area (TPSA) is 26.3 Å². The van der Waals surface area contributed by atoms with E-state index in [9.17, 15) is 4.79 Å². The van der Waals surface area contributed by atoms with E-state index in [4.69, 9.17) is 16.3 Å². The first-order valence-electron chi connectivity index (χ1n) is 4.87. The molecular weight excluding hydrogens is 212 g/mol. The normalized spacial score (nSPS) is 14.6. The monoisotopic (exact) mass is 222 g/mol. The van der Waals surface area contributed by atoms with Crippen LogP contribution in [0.4, 0.5) is 0 Å². The van der Waals surface area contributed by atoms with Crippen LogP contribution in [-0.4, -0.2) is 12.4 Å². The maximum atomic E-state index is 11.7. The molecule has 0 N–H and O–H groups in total. The van der Waals surface area contributed by atoms with Crippen molar-refractivity contribution in [2.45, 2.75) is 12.8 Å². The molecule has 0 bridgehead atoms. The van der Waals surface area contributed by atoms with Gasteiger partial charge in [-0.1, -0.05) is 29.8 Å². The zero-order chi connectivity index (χ0) is 10.7. The van der Waals surface area contributed by atoms with Crippen LogP contribution in [-0.2, 0) is 16.0 Å². The number of Topliss-reactive ketones (excluding diaryl/α,β-unsaturated/α-hetero) is 1. The molecule has 0 saturated heterocycles. The van der Waals surface area contributed by atoms with Gasteiger partial charge in [0.15, 0.2) is 5.76 Å². The van der Waals surface area contributed by atoms with Gasteiger partial charge in [0, 0.05) is 17.9 Å². The molecule has 0 amide bonds. The van der Waals surface area contributed by atoms with E-state index in [0.29, 0.717) is 23.8 Å². The van der Waals surface area contributed by atoms with Crippen LogP contribution in [0.25, 0.3) is 0 Å². The van der Waals surface area contributed by atoms with Crippen LogP contribution in [0, 0.1) is 0 Å². The number of hydrogen-bond donors (Lipinski definition) is 0. The van der Waals surface area contributed by atoms with E-state index in [0.717, 1.165) is 12.0 Å². The van der Waals surface area contributed by atoms with Gasteiger partial charge in [-0.3, -0.25) is 4.79 Å². The molecule has 0 saturated carbocycles. The smallest absolute Gasteiger partial charge is 0.201 e. The van der Waals surface area contributed by atoms with Crippen molar-refractivity contribution < 1.29 is 9.53 Å². The molecule has 3 heteroatoms. The van der Waals surface area contributed by atoms with Crippen molar-refractivity contribution in [2.24, 2.45) is 0 Å². The van der Waals surface area contributed by atoms with Crippen LogP contribution >= 0.6 is 11.6 Å². The Kier molecular flexibility index (Phi) is 3.07. The van der Waals surface area contributed by atoms with Crippen molar-refractivity contribution in [3.63, 3.8) is 0 Å². The standard InChI is InChI=1S/C12H11ClO2/c13-10-5-2-1-4-9(10)8-11(14)12-6-3-7-15-12/h1-2,4-6H,3,7-8H2. The zero-order valence-corrected chi connectivity index (χ0v) is 8.96. The third-order valence-electron chi connectivity index (χ3n) is 2.29. The predicted molar refractivity (Wildman–Crippen MR) is 58.8 cm³/mol. The Morgan fingerprint density at radius 2 is 2.20 bits per heavy atom. The number of rotatable bonds is 3. The summed E-state index contributed by atoms with van der Waals surface area (Å²) in [6.07, 6.45) is 2.97. The maximum absolute atomic E-state index is 11.7. The fraction of sp³-hybridized carbons (Fsp3) is 0.250. The molecule has 2 nitrogen and oxygen atoms in total. The molecule has 78 valence electrons. The molecule has 1 aliphatic rings. The quantitative estimate of drug-likeness (QED) is 0.786. The van der Waals surface area contributed by atoms with E-state index in [2.05, 4.69) is 0 Å². The van der Waals surface area contributed by atoms with Gasteiger partial charge in [-0.15, -0.1) is 0 Å². The zero-order valence-electron chi connectivity index (χ0n) is 8.20. The van der Waals surface area contributed by atoms with Crippen LogP contribution in [0.5, 0.6) is 0 Å². The van der Waals surface area contributed by atoms with Crippen LogP contribution in [0.15, 0.2) is 36.1 Å². The molecule has 1 aromatic rings. The molecular formula is C12H11ClO2. The third-order valence-corrected chi connectivity index (χ3v) is 2.66. The van der Waals surface area contributed by atoms with Gasteiger partial charge in [-0.2, -0.15) is 0 Å². The summed E-state index contributed by atoms with van der Waals surface area (Å²) in [5.74, 6) is 0.482. The van der Waals surface area contributed by atoms with E-state index in [1.165, 1.54) is 0 Å². The second-order valence-corrected chi connectivity index (χ2v) is 3.80. The van der Waals surface area contributed by atoms with E-state index >= 15 is 0 Å². The van der Waals surface area contributed by atoms with Gasteiger partial charge >= 0.3 is 0 Å². The van der Waals surface area contributed by atoms with Crippen molar-refractivity contribution >= 4 is 17.4 Å². The third kappa shape index (κ3) is 2.39. The van der Waals surface area contributed by atoms with E-state index in [1.807, 2.05) is 24.3 Å². The molecule has 15 heavy (non-hydrogen) atoms. The minimum atomic E-state index is 0.000556. The minimum absolute atomic E-state index is 0.000556. The van der Waals surface area contributed by atoms with Crippen LogP contribution in [0.3, 0.4) is 0 Å². The number of allylic oxidation sites excluding steroid dienone is 1. The van der Waals surface area contributed by atoms with Gasteiger partial charge < -0.3 is 4.74 Å². The second-order valence-electron chi connectivity index (χ2n) is 3.40. The average Bonchev–Trinajstić information content (AvgIpc) is 2.74. The van der Waals surface area contributed by atoms with Gasteiger partial charge in [0.1, 0.15) is 0 Å². The van der Waals surface area contributed by atoms with Crippen molar-refractivity contribution in [3.05, 3.63) is 46.7 Å². The predicted octanol–water partition coefficient (Wildman–Crippen LogP) is 2.76. The Labute approximate surface area is 93.5 Å². The first kappa shape index (κ1) is 10.2. The number of halogens is 1. The largest absolute Gasteiger partial charge is 0.490 e. The summed E-state index contributed by atoms with van der Waals surface area (Å²) in [6.45, 7) is 0.615. The van der Waals surface area contributed by atoms with Crippen LogP contribution < -0.4 is 0 Å². The van der Waals surface area contributed by atoms with Gasteiger partial charge in [-0.25, -0.2) is 0 Å². The van der Waals surface area contributed by atoms with Crippen molar-refractivity contribution in [2.75, 3.05) is 6.61 Å². The fourth-order valence-corrected chi connectivity index (χ4v) is 1.72. The highest BCUT2D eigenvalue weighted by molar-refractivity contribution is 6.31. The molecule has 2 rings (SSSR count). The molecule has 0 aliphatic carbocycles. The molecule has 0 spiro atoms. The molecule has 0 atom stereocenters. The summed E-state index contributed by atoms with van der Waals surface area (Å²) in [7, 11) is 0. The van der Waals surface area contributed by atoms with Gasteiger partial charge in [0.05, 0.1) is 6.61 Å². The van der Waals surface area contributed by atoms with Crippen molar-refractivity contribution in [1.29, 1.82) is 0 Å². The van der Waals surface area contributed by atoms with Crippen LogP contribution in [0.1, 0.15) is 12.0 Å². The first-order valence-corrected chi connectivity index (χ1v) is 5.25. The molecule has 0 fully saturated rings. The molecule has 1 heterocycles. The Balaban J connectivity index is 2.09. The summed E-state index contributed by atoms with van der Waals surface area (Å²) >= 11 is 5.96.